The fourth-order valence-corrected chi connectivity index (χ4v) is 2.39. The summed E-state index contributed by atoms with van der Waals surface area (Å²) in [6.07, 6.45) is 2.88. The lowest BCUT2D eigenvalue weighted by atomic mass is 10.3. The van der Waals surface area contributed by atoms with E-state index in [4.69, 9.17) is 4.42 Å². The van der Waals surface area contributed by atoms with Crippen LogP contribution >= 0.6 is 11.3 Å². The van der Waals surface area contributed by atoms with E-state index in [1.807, 2.05) is 6.20 Å². The molecular formula is C13H18N2OS. The third-order valence-electron chi connectivity index (χ3n) is 2.47. The standard InChI is InChI=1S/C13H18N2OS/c1-4-10-5-6-12(17-10)11-7-15-13(16-11)8-14-9(2)3/h5-7,9,14H,4,8H2,1-3H3. The maximum Gasteiger partial charge on any atom is 0.208 e. The van der Waals surface area contributed by atoms with Gasteiger partial charge in [-0.05, 0) is 18.6 Å². The Balaban J connectivity index is 2.07. The Kier molecular flexibility index (Phi) is 3.97. The molecule has 0 atom stereocenters. The fourth-order valence-electron chi connectivity index (χ4n) is 1.50. The van der Waals surface area contributed by atoms with Gasteiger partial charge in [-0.25, -0.2) is 4.98 Å². The summed E-state index contributed by atoms with van der Waals surface area (Å²) in [5, 5.41) is 3.29. The van der Waals surface area contributed by atoms with E-state index in [0.717, 1.165) is 22.9 Å². The summed E-state index contributed by atoms with van der Waals surface area (Å²) < 4.78 is 5.71. The van der Waals surface area contributed by atoms with Crippen LogP contribution in [0, 0.1) is 0 Å². The molecule has 0 aromatic carbocycles. The number of hydrogen-bond acceptors (Lipinski definition) is 4. The van der Waals surface area contributed by atoms with Gasteiger partial charge in [0.05, 0.1) is 17.6 Å². The van der Waals surface area contributed by atoms with Gasteiger partial charge in [0.2, 0.25) is 5.89 Å². The molecule has 2 aromatic rings. The molecule has 0 aliphatic carbocycles. The van der Waals surface area contributed by atoms with E-state index in [2.05, 4.69) is 43.2 Å². The lowest BCUT2D eigenvalue weighted by Crippen LogP contribution is -2.21. The van der Waals surface area contributed by atoms with Gasteiger partial charge in [-0.3, -0.25) is 0 Å². The van der Waals surface area contributed by atoms with Gasteiger partial charge in [0.1, 0.15) is 0 Å². The Labute approximate surface area is 106 Å². The minimum atomic E-state index is 0.443. The predicted molar refractivity (Wildman–Crippen MR) is 71.2 cm³/mol. The normalized spacial score (nSPS) is 11.3. The maximum atomic E-state index is 5.71. The third-order valence-corrected chi connectivity index (χ3v) is 3.71. The minimum absolute atomic E-state index is 0.443. The lowest BCUT2D eigenvalue weighted by molar-refractivity contribution is 0.459. The van der Waals surface area contributed by atoms with Crippen molar-refractivity contribution in [1.82, 2.24) is 10.3 Å². The first-order valence-corrected chi connectivity index (χ1v) is 6.78. The number of hydrogen-bond donors (Lipinski definition) is 1. The molecular weight excluding hydrogens is 232 g/mol. The van der Waals surface area contributed by atoms with Crippen LogP contribution in [-0.2, 0) is 13.0 Å². The summed E-state index contributed by atoms with van der Waals surface area (Å²) in [5.41, 5.74) is 0. The van der Waals surface area contributed by atoms with Crippen molar-refractivity contribution in [3.63, 3.8) is 0 Å². The molecule has 0 saturated carbocycles. The summed E-state index contributed by atoms with van der Waals surface area (Å²) >= 11 is 1.77. The first-order chi connectivity index (χ1) is 8.19. The van der Waals surface area contributed by atoms with Gasteiger partial charge in [0.15, 0.2) is 5.76 Å². The molecule has 0 aliphatic rings. The van der Waals surface area contributed by atoms with Crippen LogP contribution in [0.1, 0.15) is 31.5 Å². The molecule has 0 bridgehead atoms. The van der Waals surface area contributed by atoms with Crippen LogP contribution in [0.25, 0.3) is 10.6 Å². The molecule has 0 radical (unpaired) electrons. The molecule has 0 spiro atoms. The molecule has 2 heterocycles. The first-order valence-electron chi connectivity index (χ1n) is 5.96. The van der Waals surface area contributed by atoms with Gasteiger partial charge >= 0.3 is 0 Å². The van der Waals surface area contributed by atoms with Crippen molar-refractivity contribution >= 4 is 11.3 Å². The molecule has 0 saturated heterocycles. The molecule has 4 heteroatoms. The summed E-state index contributed by atoms with van der Waals surface area (Å²) in [7, 11) is 0. The van der Waals surface area contributed by atoms with Crippen LogP contribution in [0.5, 0.6) is 0 Å². The average Bonchev–Trinajstić information content (AvgIpc) is 2.94. The van der Waals surface area contributed by atoms with E-state index in [1.54, 1.807) is 11.3 Å². The molecule has 92 valence electrons. The molecule has 3 nitrogen and oxygen atoms in total. The van der Waals surface area contributed by atoms with Gasteiger partial charge in [-0.2, -0.15) is 0 Å². The minimum Gasteiger partial charge on any atom is -0.438 e. The molecule has 2 rings (SSSR count). The summed E-state index contributed by atoms with van der Waals surface area (Å²) in [5.74, 6) is 1.62. The zero-order chi connectivity index (χ0) is 12.3. The van der Waals surface area contributed by atoms with Gasteiger partial charge in [0, 0.05) is 10.9 Å². The number of aryl methyl sites for hydroxylation is 1. The molecule has 0 amide bonds. The van der Waals surface area contributed by atoms with E-state index >= 15 is 0 Å². The number of oxazole rings is 1. The van der Waals surface area contributed by atoms with Crippen molar-refractivity contribution in [2.24, 2.45) is 0 Å². The zero-order valence-corrected chi connectivity index (χ0v) is 11.3. The van der Waals surface area contributed by atoms with E-state index in [9.17, 15) is 0 Å². The number of aromatic nitrogens is 1. The lowest BCUT2D eigenvalue weighted by Gasteiger charge is -2.03. The Hall–Kier alpha value is -1.13. The third kappa shape index (κ3) is 3.17. The highest BCUT2D eigenvalue weighted by Gasteiger charge is 2.08. The SMILES string of the molecule is CCc1ccc(-c2cnc(CNC(C)C)o2)s1. The van der Waals surface area contributed by atoms with Crippen molar-refractivity contribution in [2.75, 3.05) is 0 Å². The monoisotopic (exact) mass is 250 g/mol. The summed E-state index contributed by atoms with van der Waals surface area (Å²) in [4.78, 5) is 6.81. The van der Waals surface area contributed by atoms with E-state index in [1.165, 1.54) is 4.88 Å². The van der Waals surface area contributed by atoms with Crippen molar-refractivity contribution in [1.29, 1.82) is 0 Å². The molecule has 0 aliphatic heterocycles. The predicted octanol–water partition coefficient (Wildman–Crippen LogP) is 3.46. The topological polar surface area (TPSA) is 38.1 Å². The highest BCUT2D eigenvalue weighted by Crippen LogP contribution is 2.28. The van der Waals surface area contributed by atoms with Gasteiger partial charge in [-0.15, -0.1) is 11.3 Å². The quantitative estimate of drug-likeness (QED) is 0.883. The molecule has 0 fully saturated rings. The highest BCUT2D eigenvalue weighted by molar-refractivity contribution is 7.15. The van der Waals surface area contributed by atoms with Crippen LogP contribution in [0.15, 0.2) is 22.7 Å². The Morgan fingerprint density at radius 1 is 1.41 bits per heavy atom. The highest BCUT2D eigenvalue weighted by atomic mass is 32.1. The van der Waals surface area contributed by atoms with Crippen molar-refractivity contribution < 1.29 is 4.42 Å². The van der Waals surface area contributed by atoms with Crippen molar-refractivity contribution in [2.45, 2.75) is 39.8 Å². The first kappa shape index (κ1) is 12.3. The van der Waals surface area contributed by atoms with Crippen LogP contribution in [0.3, 0.4) is 0 Å². The number of rotatable bonds is 5. The second-order valence-electron chi connectivity index (χ2n) is 4.27. The number of thiophene rings is 1. The summed E-state index contributed by atoms with van der Waals surface area (Å²) in [6.45, 7) is 7.06. The van der Waals surface area contributed by atoms with E-state index in [0.29, 0.717) is 12.6 Å². The molecule has 2 aromatic heterocycles. The Morgan fingerprint density at radius 2 is 2.24 bits per heavy atom. The summed E-state index contributed by atoms with van der Waals surface area (Å²) in [6, 6.07) is 4.69. The Bertz CT molecular complexity index is 473. The molecule has 1 N–H and O–H groups in total. The van der Waals surface area contributed by atoms with Crippen LogP contribution in [-0.4, -0.2) is 11.0 Å². The maximum absolute atomic E-state index is 5.71. The van der Waals surface area contributed by atoms with Crippen molar-refractivity contribution in [3.05, 3.63) is 29.1 Å². The number of nitrogens with zero attached hydrogens (tertiary/aromatic N) is 1. The largest absolute Gasteiger partial charge is 0.438 e. The van der Waals surface area contributed by atoms with Crippen LogP contribution in [0.2, 0.25) is 0 Å². The average molecular weight is 250 g/mol. The van der Waals surface area contributed by atoms with E-state index in [-0.39, 0.29) is 0 Å². The van der Waals surface area contributed by atoms with Gasteiger partial charge in [-0.1, -0.05) is 20.8 Å². The second kappa shape index (κ2) is 5.47. The van der Waals surface area contributed by atoms with Crippen molar-refractivity contribution in [3.8, 4) is 10.6 Å². The smallest absolute Gasteiger partial charge is 0.208 e. The van der Waals surface area contributed by atoms with Crippen LogP contribution < -0.4 is 5.32 Å². The van der Waals surface area contributed by atoms with Gasteiger partial charge in [0.25, 0.3) is 0 Å². The number of nitrogens with one attached hydrogen (secondary N) is 1. The Morgan fingerprint density at radius 3 is 2.88 bits per heavy atom. The molecule has 0 unspecified atom stereocenters. The van der Waals surface area contributed by atoms with Gasteiger partial charge < -0.3 is 9.73 Å². The molecule has 17 heavy (non-hydrogen) atoms. The second-order valence-corrected chi connectivity index (χ2v) is 5.44. The van der Waals surface area contributed by atoms with Crippen LogP contribution in [0.4, 0.5) is 0 Å². The zero-order valence-electron chi connectivity index (χ0n) is 10.5. The van der Waals surface area contributed by atoms with E-state index < -0.39 is 0 Å². The fraction of sp³-hybridized carbons (Fsp3) is 0.462.